The van der Waals surface area contributed by atoms with Crippen LogP contribution in [0.2, 0.25) is 0 Å². The summed E-state index contributed by atoms with van der Waals surface area (Å²) in [6.45, 7) is 0.646. The lowest BCUT2D eigenvalue weighted by atomic mass is 10.1. The van der Waals surface area contributed by atoms with Gasteiger partial charge < -0.3 is 10.1 Å². The van der Waals surface area contributed by atoms with Crippen LogP contribution in [0, 0.1) is 5.92 Å². The molecule has 1 aliphatic heterocycles. The molecule has 2 atom stereocenters. The molecule has 1 saturated carbocycles. The van der Waals surface area contributed by atoms with Crippen molar-refractivity contribution in [3.8, 4) is 0 Å². The molecule has 0 amide bonds. The minimum Gasteiger partial charge on any atom is -0.388 e. The first-order chi connectivity index (χ1) is 9.60. The Morgan fingerprint density at radius 3 is 2.45 bits per heavy atom. The number of sulfonamides is 1. The van der Waals surface area contributed by atoms with Gasteiger partial charge in [-0.2, -0.15) is 0 Å². The van der Waals surface area contributed by atoms with Crippen molar-refractivity contribution in [1.29, 1.82) is 0 Å². The monoisotopic (exact) mass is 296 g/mol. The van der Waals surface area contributed by atoms with E-state index in [0.29, 0.717) is 17.4 Å². The predicted molar refractivity (Wildman–Crippen MR) is 77.2 cm³/mol. The zero-order valence-electron chi connectivity index (χ0n) is 11.5. The second kappa shape index (κ2) is 5.35. The summed E-state index contributed by atoms with van der Waals surface area (Å²) in [7, 11) is -1.66. The van der Waals surface area contributed by atoms with Crippen molar-refractivity contribution in [2.24, 2.45) is 5.92 Å². The SMILES string of the molecule is CNc1ccc(S(=O)(=O)NC2CCOC2C2CC2)cc1. The third-order valence-electron chi connectivity index (χ3n) is 3.98. The lowest BCUT2D eigenvalue weighted by Gasteiger charge is -2.19. The summed E-state index contributed by atoms with van der Waals surface area (Å²) in [5.74, 6) is 0.539. The Morgan fingerprint density at radius 2 is 1.85 bits per heavy atom. The molecule has 20 heavy (non-hydrogen) atoms. The van der Waals surface area contributed by atoms with E-state index in [9.17, 15) is 8.42 Å². The minimum absolute atomic E-state index is 0.0568. The van der Waals surface area contributed by atoms with Crippen molar-refractivity contribution in [2.45, 2.75) is 36.3 Å². The summed E-state index contributed by atoms with van der Waals surface area (Å²) >= 11 is 0. The highest BCUT2D eigenvalue weighted by Crippen LogP contribution is 2.39. The van der Waals surface area contributed by atoms with E-state index >= 15 is 0 Å². The van der Waals surface area contributed by atoms with Gasteiger partial charge in [0, 0.05) is 19.3 Å². The van der Waals surface area contributed by atoms with E-state index in [2.05, 4.69) is 10.0 Å². The lowest BCUT2D eigenvalue weighted by Crippen LogP contribution is -2.41. The zero-order chi connectivity index (χ0) is 14.2. The summed E-state index contributed by atoms with van der Waals surface area (Å²) in [6.07, 6.45) is 3.12. The van der Waals surface area contributed by atoms with Crippen LogP contribution in [0.5, 0.6) is 0 Å². The zero-order valence-corrected chi connectivity index (χ0v) is 12.3. The van der Waals surface area contributed by atoms with Gasteiger partial charge in [-0.3, -0.25) is 0 Å². The third kappa shape index (κ3) is 2.82. The van der Waals surface area contributed by atoms with Crippen molar-refractivity contribution in [3.05, 3.63) is 24.3 Å². The fraction of sp³-hybridized carbons (Fsp3) is 0.571. The van der Waals surface area contributed by atoms with Crippen LogP contribution >= 0.6 is 0 Å². The highest BCUT2D eigenvalue weighted by molar-refractivity contribution is 7.89. The van der Waals surface area contributed by atoms with Gasteiger partial charge in [0.05, 0.1) is 17.0 Å². The molecule has 2 aliphatic rings. The molecule has 5 nitrogen and oxygen atoms in total. The number of ether oxygens (including phenoxy) is 1. The van der Waals surface area contributed by atoms with E-state index in [1.807, 2.05) is 0 Å². The van der Waals surface area contributed by atoms with Gasteiger partial charge in [0.2, 0.25) is 10.0 Å². The van der Waals surface area contributed by atoms with Crippen molar-refractivity contribution >= 4 is 15.7 Å². The molecule has 1 heterocycles. The van der Waals surface area contributed by atoms with Crippen LogP contribution in [-0.2, 0) is 14.8 Å². The standard InChI is InChI=1S/C14H20N2O3S/c1-15-11-4-6-12(7-5-11)20(17,18)16-13-8-9-19-14(13)10-2-3-10/h4-7,10,13-16H,2-3,8-9H2,1H3. The Bertz CT molecular complexity index is 567. The maximum atomic E-state index is 12.4. The van der Waals surface area contributed by atoms with E-state index < -0.39 is 10.0 Å². The smallest absolute Gasteiger partial charge is 0.240 e. The van der Waals surface area contributed by atoms with Crippen LogP contribution in [-0.4, -0.2) is 34.2 Å². The average molecular weight is 296 g/mol. The second-order valence-corrected chi connectivity index (χ2v) is 7.18. The summed E-state index contributed by atoms with van der Waals surface area (Å²) in [5.41, 5.74) is 0.893. The third-order valence-corrected chi connectivity index (χ3v) is 5.49. The quantitative estimate of drug-likeness (QED) is 0.865. The van der Waals surface area contributed by atoms with Gasteiger partial charge >= 0.3 is 0 Å². The summed E-state index contributed by atoms with van der Waals surface area (Å²) in [5, 5.41) is 2.97. The Morgan fingerprint density at radius 1 is 1.15 bits per heavy atom. The Balaban J connectivity index is 1.73. The van der Waals surface area contributed by atoms with E-state index in [4.69, 9.17) is 4.74 Å². The van der Waals surface area contributed by atoms with E-state index in [0.717, 1.165) is 24.9 Å². The number of anilines is 1. The molecule has 0 radical (unpaired) electrons. The van der Waals surface area contributed by atoms with Gasteiger partial charge in [0.25, 0.3) is 0 Å². The fourth-order valence-corrected chi connectivity index (χ4v) is 3.98. The van der Waals surface area contributed by atoms with E-state index in [-0.39, 0.29) is 12.1 Å². The lowest BCUT2D eigenvalue weighted by molar-refractivity contribution is 0.0848. The van der Waals surface area contributed by atoms with Gasteiger partial charge in [0.1, 0.15) is 0 Å². The molecule has 110 valence electrons. The highest BCUT2D eigenvalue weighted by Gasteiger charge is 2.42. The first-order valence-corrected chi connectivity index (χ1v) is 8.50. The van der Waals surface area contributed by atoms with Gasteiger partial charge in [-0.1, -0.05) is 0 Å². The van der Waals surface area contributed by atoms with Gasteiger partial charge in [-0.05, 0) is 49.4 Å². The Hall–Kier alpha value is -1.11. The first kappa shape index (κ1) is 13.9. The molecular formula is C14H20N2O3S. The maximum absolute atomic E-state index is 12.4. The second-order valence-electron chi connectivity index (χ2n) is 5.46. The molecule has 2 unspecified atom stereocenters. The van der Waals surface area contributed by atoms with Crippen LogP contribution in [0.15, 0.2) is 29.2 Å². The van der Waals surface area contributed by atoms with E-state index in [1.165, 1.54) is 0 Å². The molecule has 0 bridgehead atoms. The summed E-state index contributed by atoms with van der Waals surface area (Å²) in [6, 6.07) is 6.68. The molecular weight excluding hydrogens is 276 g/mol. The summed E-state index contributed by atoms with van der Waals surface area (Å²) in [4.78, 5) is 0.304. The topological polar surface area (TPSA) is 67.4 Å². The molecule has 1 aromatic rings. The van der Waals surface area contributed by atoms with Crippen molar-refractivity contribution in [2.75, 3.05) is 19.0 Å². The average Bonchev–Trinajstić information content (AvgIpc) is 3.19. The van der Waals surface area contributed by atoms with Crippen LogP contribution in [0.3, 0.4) is 0 Å². The molecule has 1 saturated heterocycles. The molecule has 3 rings (SSSR count). The van der Waals surface area contributed by atoms with Crippen LogP contribution in [0.4, 0.5) is 5.69 Å². The number of rotatable bonds is 5. The molecule has 2 N–H and O–H groups in total. The number of benzene rings is 1. The number of hydrogen-bond acceptors (Lipinski definition) is 4. The maximum Gasteiger partial charge on any atom is 0.240 e. The van der Waals surface area contributed by atoms with Gasteiger partial charge in [-0.25, -0.2) is 13.1 Å². The molecule has 2 fully saturated rings. The minimum atomic E-state index is -3.47. The highest BCUT2D eigenvalue weighted by atomic mass is 32.2. The molecule has 6 heteroatoms. The molecule has 1 aromatic carbocycles. The first-order valence-electron chi connectivity index (χ1n) is 7.02. The van der Waals surface area contributed by atoms with Crippen LogP contribution < -0.4 is 10.0 Å². The molecule has 0 spiro atoms. The normalized spacial score (nSPS) is 26.6. The fourth-order valence-electron chi connectivity index (χ4n) is 2.69. The van der Waals surface area contributed by atoms with Crippen LogP contribution in [0.25, 0.3) is 0 Å². The largest absolute Gasteiger partial charge is 0.388 e. The Kier molecular flexibility index (Phi) is 3.70. The predicted octanol–water partition coefficient (Wildman–Crippen LogP) is 1.57. The number of hydrogen-bond donors (Lipinski definition) is 2. The Labute approximate surface area is 119 Å². The van der Waals surface area contributed by atoms with Gasteiger partial charge in [-0.15, -0.1) is 0 Å². The van der Waals surface area contributed by atoms with E-state index in [1.54, 1.807) is 31.3 Å². The van der Waals surface area contributed by atoms with Crippen molar-refractivity contribution < 1.29 is 13.2 Å². The van der Waals surface area contributed by atoms with Crippen molar-refractivity contribution in [1.82, 2.24) is 4.72 Å². The van der Waals surface area contributed by atoms with Crippen LogP contribution in [0.1, 0.15) is 19.3 Å². The summed E-state index contributed by atoms with van der Waals surface area (Å²) < 4.78 is 33.3. The van der Waals surface area contributed by atoms with Crippen molar-refractivity contribution in [3.63, 3.8) is 0 Å². The number of nitrogens with one attached hydrogen (secondary N) is 2. The molecule has 1 aliphatic carbocycles. The van der Waals surface area contributed by atoms with Gasteiger partial charge in [0.15, 0.2) is 0 Å². The molecule has 0 aromatic heterocycles.